The molecule has 0 atom stereocenters. The van der Waals surface area contributed by atoms with Crippen LogP contribution in [0, 0.1) is 5.92 Å². The molecule has 1 aromatic carbocycles. The molecule has 1 heterocycles. The zero-order valence-electron chi connectivity index (χ0n) is 9.88. The van der Waals surface area contributed by atoms with Crippen molar-refractivity contribution in [1.29, 1.82) is 0 Å². The van der Waals surface area contributed by atoms with Gasteiger partial charge in [-0.1, -0.05) is 38.6 Å². The number of hydrogen-bond donors (Lipinski definition) is 0. The molecule has 2 aromatic rings. The summed E-state index contributed by atoms with van der Waals surface area (Å²) >= 11 is 0. The minimum absolute atomic E-state index is 0.164. The van der Waals surface area contributed by atoms with Crippen molar-refractivity contribution < 1.29 is 14.3 Å². The summed E-state index contributed by atoms with van der Waals surface area (Å²) in [5.41, 5.74) is 1.92. The van der Waals surface area contributed by atoms with E-state index in [2.05, 4.69) is 11.9 Å². The van der Waals surface area contributed by atoms with Crippen LogP contribution in [-0.4, -0.2) is 5.27 Å². The van der Waals surface area contributed by atoms with Crippen molar-refractivity contribution in [3.8, 4) is 11.6 Å². The van der Waals surface area contributed by atoms with Crippen LogP contribution in [0.4, 0.5) is 0 Å². The maximum absolute atomic E-state index is 11.6. The average molecular weight is 230 g/mol. The Morgan fingerprint density at radius 2 is 2.00 bits per heavy atom. The minimum Gasteiger partial charge on any atom is -0.539 e. The Morgan fingerprint density at radius 3 is 2.59 bits per heavy atom. The van der Waals surface area contributed by atoms with Crippen LogP contribution in [0.3, 0.4) is 0 Å². The molecule has 4 heteroatoms. The van der Waals surface area contributed by atoms with Crippen LogP contribution in [0.25, 0.3) is 11.3 Å². The summed E-state index contributed by atoms with van der Waals surface area (Å²) in [4.78, 5) is 0. The summed E-state index contributed by atoms with van der Waals surface area (Å²) in [5, 5.41) is 15.4. The first-order valence-electron chi connectivity index (χ1n) is 5.45. The van der Waals surface area contributed by atoms with Gasteiger partial charge in [-0.2, -0.15) is 0 Å². The second-order valence-electron chi connectivity index (χ2n) is 4.14. The van der Waals surface area contributed by atoms with Crippen molar-refractivity contribution in [2.45, 2.75) is 13.8 Å². The van der Waals surface area contributed by atoms with E-state index < -0.39 is 5.95 Å². The van der Waals surface area contributed by atoms with Crippen molar-refractivity contribution in [1.82, 2.24) is 5.27 Å². The molecule has 0 unspecified atom stereocenters. The predicted molar refractivity (Wildman–Crippen MR) is 61.4 cm³/mol. The lowest BCUT2D eigenvalue weighted by Crippen LogP contribution is -2.36. The SMILES string of the molecule is C=C(c1c([O-])on[n+]1-c1ccccc1)C(C)C. The van der Waals surface area contributed by atoms with Gasteiger partial charge in [0.25, 0.3) is 5.69 Å². The summed E-state index contributed by atoms with van der Waals surface area (Å²) in [6.07, 6.45) is 0. The fourth-order valence-corrected chi connectivity index (χ4v) is 1.53. The molecule has 0 aliphatic rings. The van der Waals surface area contributed by atoms with Crippen LogP contribution in [-0.2, 0) is 0 Å². The third-order valence-corrected chi connectivity index (χ3v) is 2.61. The van der Waals surface area contributed by atoms with E-state index >= 15 is 0 Å². The van der Waals surface area contributed by atoms with Crippen molar-refractivity contribution >= 4 is 5.57 Å². The molecule has 17 heavy (non-hydrogen) atoms. The zero-order chi connectivity index (χ0) is 12.4. The number of allylic oxidation sites excluding steroid dienone is 1. The molecule has 0 fully saturated rings. The van der Waals surface area contributed by atoms with Crippen molar-refractivity contribution in [3.05, 3.63) is 42.6 Å². The summed E-state index contributed by atoms with van der Waals surface area (Å²) in [6, 6.07) is 9.38. The highest BCUT2D eigenvalue weighted by atomic mass is 16.6. The van der Waals surface area contributed by atoms with E-state index in [1.165, 1.54) is 4.68 Å². The van der Waals surface area contributed by atoms with E-state index in [9.17, 15) is 5.11 Å². The Bertz CT molecular complexity index is 530. The molecule has 1 aromatic heterocycles. The van der Waals surface area contributed by atoms with Gasteiger partial charge in [0.2, 0.25) is 5.69 Å². The standard InChI is InChI=1S/C13H14N2O2/c1-9(2)10(3)12-13(16)17-14-15(12)11-7-5-4-6-8-11/h4-9H,3H2,1-2H3. The zero-order valence-corrected chi connectivity index (χ0v) is 9.88. The van der Waals surface area contributed by atoms with E-state index in [4.69, 9.17) is 4.52 Å². The quantitative estimate of drug-likeness (QED) is 0.754. The molecule has 2 rings (SSSR count). The molecule has 0 aliphatic carbocycles. The van der Waals surface area contributed by atoms with Gasteiger partial charge >= 0.3 is 0 Å². The highest BCUT2D eigenvalue weighted by Crippen LogP contribution is 2.24. The van der Waals surface area contributed by atoms with Crippen molar-refractivity contribution in [2.24, 2.45) is 5.92 Å². The molecule has 0 bridgehead atoms. The van der Waals surface area contributed by atoms with Crippen LogP contribution in [0.5, 0.6) is 5.95 Å². The second kappa shape index (κ2) is 4.41. The van der Waals surface area contributed by atoms with Crippen LogP contribution in [0.15, 0.2) is 41.4 Å². The molecule has 0 aliphatic heterocycles. The van der Waals surface area contributed by atoms with E-state index in [1.807, 2.05) is 44.2 Å². The number of para-hydroxylation sites is 1. The van der Waals surface area contributed by atoms with Gasteiger partial charge in [-0.25, -0.2) is 0 Å². The first kappa shape index (κ1) is 11.4. The van der Waals surface area contributed by atoms with Gasteiger partial charge in [-0.3, -0.25) is 0 Å². The van der Waals surface area contributed by atoms with Crippen LogP contribution in [0.1, 0.15) is 19.5 Å². The van der Waals surface area contributed by atoms with Crippen molar-refractivity contribution in [2.75, 3.05) is 0 Å². The smallest absolute Gasteiger partial charge is 0.266 e. The lowest BCUT2D eigenvalue weighted by atomic mass is 10.0. The average Bonchev–Trinajstić information content (AvgIpc) is 2.71. The molecular weight excluding hydrogens is 216 g/mol. The van der Waals surface area contributed by atoms with E-state index in [0.29, 0.717) is 5.69 Å². The summed E-state index contributed by atoms with van der Waals surface area (Å²) in [5.74, 6) is -0.287. The number of aromatic nitrogens is 2. The first-order chi connectivity index (χ1) is 8.11. The molecule has 0 amide bonds. The molecule has 0 N–H and O–H groups in total. The number of benzene rings is 1. The Labute approximate surface area is 99.8 Å². The van der Waals surface area contributed by atoms with E-state index in [0.717, 1.165) is 11.3 Å². The monoisotopic (exact) mass is 230 g/mol. The van der Waals surface area contributed by atoms with Gasteiger partial charge in [0.05, 0.1) is 5.27 Å². The predicted octanol–water partition coefficient (Wildman–Crippen LogP) is 1.69. The summed E-state index contributed by atoms with van der Waals surface area (Å²) in [6.45, 7) is 7.88. The highest BCUT2D eigenvalue weighted by molar-refractivity contribution is 5.62. The summed E-state index contributed by atoms with van der Waals surface area (Å²) in [7, 11) is 0. The van der Waals surface area contributed by atoms with Gasteiger partial charge < -0.3 is 9.63 Å². The topological polar surface area (TPSA) is 53.0 Å². The molecular formula is C13H14N2O2. The lowest BCUT2D eigenvalue weighted by Gasteiger charge is -2.05. The normalized spacial score (nSPS) is 10.8. The number of rotatable bonds is 3. The Morgan fingerprint density at radius 1 is 1.35 bits per heavy atom. The van der Waals surface area contributed by atoms with Gasteiger partial charge in [0.15, 0.2) is 5.95 Å². The van der Waals surface area contributed by atoms with Gasteiger partial charge in [0.1, 0.15) is 0 Å². The van der Waals surface area contributed by atoms with E-state index in [1.54, 1.807) is 0 Å². The van der Waals surface area contributed by atoms with Gasteiger partial charge in [0, 0.05) is 17.7 Å². The number of hydrogen-bond acceptors (Lipinski definition) is 3. The Hall–Kier alpha value is -2.10. The largest absolute Gasteiger partial charge is 0.539 e. The van der Waals surface area contributed by atoms with Crippen molar-refractivity contribution in [3.63, 3.8) is 0 Å². The maximum atomic E-state index is 11.6. The molecule has 0 saturated carbocycles. The molecule has 0 radical (unpaired) electrons. The summed E-state index contributed by atoms with van der Waals surface area (Å²) < 4.78 is 6.21. The van der Waals surface area contributed by atoms with Gasteiger partial charge in [-0.05, 0) is 10.6 Å². The third-order valence-electron chi connectivity index (χ3n) is 2.61. The molecule has 88 valence electrons. The highest BCUT2D eigenvalue weighted by Gasteiger charge is 2.24. The Kier molecular flexibility index (Phi) is 2.95. The van der Waals surface area contributed by atoms with Crippen LogP contribution >= 0.6 is 0 Å². The van der Waals surface area contributed by atoms with Crippen LogP contribution < -0.4 is 9.79 Å². The fourth-order valence-electron chi connectivity index (χ4n) is 1.53. The van der Waals surface area contributed by atoms with E-state index in [-0.39, 0.29) is 5.92 Å². The second-order valence-corrected chi connectivity index (χ2v) is 4.14. The molecule has 4 nitrogen and oxygen atoms in total. The minimum atomic E-state index is -0.451. The lowest BCUT2D eigenvalue weighted by molar-refractivity contribution is -0.672. The number of nitrogens with zero attached hydrogens (tertiary/aromatic N) is 2. The fraction of sp³-hybridized carbons (Fsp3) is 0.231. The van der Waals surface area contributed by atoms with Crippen LogP contribution in [0.2, 0.25) is 0 Å². The Balaban J connectivity index is 2.54. The maximum Gasteiger partial charge on any atom is 0.266 e. The molecule has 0 saturated heterocycles. The molecule has 0 spiro atoms. The van der Waals surface area contributed by atoms with Gasteiger partial charge in [-0.15, -0.1) is 0 Å². The third kappa shape index (κ3) is 2.06. The first-order valence-corrected chi connectivity index (χ1v) is 5.45.